The first-order valence-electron chi connectivity index (χ1n) is 4.86. The minimum Gasteiger partial charge on any atom is -0.497 e. The lowest BCUT2D eigenvalue weighted by Gasteiger charge is -2.14. The highest BCUT2D eigenvalue weighted by Crippen LogP contribution is 2.28. The summed E-state index contributed by atoms with van der Waals surface area (Å²) in [6, 6.07) is 5.37. The molecule has 0 fully saturated rings. The number of rotatable bonds is 5. The maximum absolute atomic E-state index is 8.70. The largest absolute Gasteiger partial charge is 0.497 e. The molecule has 3 N–H and O–H groups in total. The number of aliphatic hydroxyl groups is 1. The summed E-state index contributed by atoms with van der Waals surface area (Å²) in [5, 5.41) is 8.70. The van der Waals surface area contributed by atoms with Crippen LogP contribution in [0.15, 0.2) is 18.2 Å². The smallest absolute Gasteiger partial charge is 0.127 e. The van der Waals surface area contributed by atoms with Gasteiger partial charge in [-0.2, -0.15) is 0 Å². The van der Waals surface area contributed by atoms with Gasteiger partial charge in [-0.1, -0.05) is 6.07 Å². The summed E-state index contributed by atoms with van der Waals surface area (Å²) in [6.07, 6.45) is 0. The number of benzene rings is 1. The Balaban J connectivity index is 2.94. The fourth-order valence-corrected chi connectivity index (χ4v) is 1.30. The van der Waals surface area contributed by atoms with E-state index >= 15 is 0 Å². The molecule has 1 atom stereocenters. The fraction of sp³-hybridized carbons (Fsp3) is 0.455. The topological polar surface area (TPSA) is 64.7 Å². The molecule has 0 aromatic heterocycles. The van der Waals surface area contributed by atoms with Crippen LogP contribution in [0.25, 0.3) is 0 Å². The molecule has 0 spiro atoms. The highest BCUT2D eigenvalue weighted by atomic mass is 16.5. The van der Waals surface area contributed by atoms with Crippen molar-refractivity contribution in [3.63, 3.8) is 0 Å². The number of methoxy groups -OCH3 is 1. The van der Waals surface area contributed by atoms with E-state index in [2.05, 4.69) is 0 Å². The van der Waals surface area contributed by atoms with Crippen LogP contribution < -0.4 is 15.2 Å². The molecular formula is C11H17NO3. The number of hydrogen-bond donors (Lipinski definition) is 2. The zero-order valence-corrected chi connectivity index (χ0v) is 9.06. The third kappa shape index (κ3) is 3.11. The average molecular weight is 211 g/mol. The fourth-order valence-electron chi connectivity index (χ4n) is 1.30. The third-order valence-corrected chi connectivity index (χ3v) is 2.06. The Morgan fingerprint density at radius 1 is 1.47 bits per heavy atom. The molecule has 0 aliphatic carbocycles. The molecule has 0 aliphatic rings. The van der Waals surface area contributed by atoms with Crippen LogP contribution in [0, 0.1) is 0 Å². The summed E-state index contributed by atoms with van der Waals surface area (Å²) in [4.78, 5) is 0. The molecule has 0 saturated carbocycles. The first-order valence-corrected chi connectivity index (χ1v) is 4.86. The summed E-state index contributed by atoms with van der Waals surface area (Å²) in [6.45, 7) is 2.12. The molecule has 1 aromatic carbocycles. The van der Waals surface area contributed by atoms with Crippen LogP contribution in [-0.4, -0.2) is 25.4 Å². The lowest BCUT2D eigenvalue weighted by molar-refractivity contribution is 0.199. The van der Waals surface area contributed by atoms with Crippen LogP contribution >= 0.6 is 0 Å². The Hall–Kier alpha value is -1.26. The van der Waals surface area contributed by atoms with Gasteiger partial charge in [0.2, 0.25) is 0 Å². The summed E-state index contributed by atoms with van der Waals surface area (Å²) < 4.78 is 10.5. The number of aliphatic hydroxyl groups excluding tert-OH is 1. The van der Waals surface area contributed by atoms with E-state index in [0.29, 0.717) is 11.5 Å². The molecule has 4 nitrogen and oxygen atoms in total. The van der Waals surface area contributed by atoms with Crippen LogP contribution in [0.3, 0.4) is 0 Å². The van der Waals surface area contributed by atoms with Gasteiger partial charge < -0.3 is 20.3 Å². The summed E-state index contributed by atoms with van der Waals surface area (Å²) in [5.74, 6) is 1.38. The second-order valence-corrected chi connectivity index (χ2v) is 3.26. The predicted molar refractivity (Wildman–Crippen MR) is 58.2 cm³/mol. The van der Waals surface area contributed by atoms with Gasteiger partial charge in [0.1, 0.15) is 18.1 Å². The van der Waals surface area contributed by atoms with Gasteiger partial charge in [0.05, 0.1) is 13.7 Å². The average Bonchev–Trinajstić information content (AvgIpc) is 2.25. The molecular weight excluding hydrogens is 194 g/mol. The van der Waals surface area contributed by atoms with E-state index in [0.717, 1.165) is 5.56 Å². The summed E-state index contributed by atoms with van der Waals surface area (Å²) in [5.41, 5.74) is 6.70. The Morgan fingerprint density at radius 3 is 2.73 bits per heavy atom. The van der Waals surface area contributed by atoms with Crippen molar-refractivity contribution in [3.05, 3.63) is 23.8 Å². The van der Waals surface area contributed by atoms with Crippen molar-refractivity contribution in [3.8, 4) is 11.5 Å². The summed E-state index contributed by atoms with van der Waals surface area (Å²) >= 11 is 0. The van der Waals surface area contributed by atoms with Gasteiger partial charge in [-0.25, -0.2) is 0 Å². The lowest BCUT2D eigenvalue weighted by atomic mass is 10.1. The van der Waals surface area contributed by atoms with E-state index in [4.69, 9.17) is 20.3 Å². The van der Waals surface area contributed by atoms with E-state index < -0.39 is 0 Å². The normalized spacial score (nSPS) is 12.3. The first-order chi connectivity index (χ1) is 7.19. The van der Waals surface area contributed by atoms with Crippen molar-refractivity contribution >= 4 is 0 Å². The van der Waals surface area contributed by atoms with Crippen LogP contribution in [-0.2, 0) is 0 Å². The second-order valence-electron chi connectivity index (χ2n) is 3.26. The monoisotopic (exact) mass is 211 g/mol. The van der Waals surface area contributed by atoms with Gasteiger partial charge in [-0.05, 0) is 13.0 Å². The van der Waals surface area contributed by atoms with Crippen molar-refractivity contribution in [2.24, 2.45) is 5.73 Å². The maximum Gasteiger partial charge on any atom is 0.127 e. The minimum absolute atomic E-state index is 0.0183. The maximum atomic E-state index is 8.70. The van der Waals surface area contributed by atoms with Gasteiger partial charge >= 0.3 is 0 Å². The molecule has 0 bridgehead atoms. The SMILES string of the molecule is COc1ccc([C@@H](C)N)c(OCCO)c1. The Bertz CT molecular complexity index is 313. The van der Waals surface area contributed by atoms with Gasteiger partial charge in [0, 0.05) is 17.7 Å². The second kappa shape index (κ2) is 5.58. The molecule has 0 unspecified atom stereocenters. The molecule has 0 heterocycles. The number of ether oxygens (including phenoxy) is 2. The number of hydrogen-bond acceptors (Lipinski definition) is 4. The van der Waals surface area contributed by atoms with E-state index in [1.165, 1.54) is 0 Å². The van der Waals surface area contributed by atoms with Crippen molar-refractivity contribution in [2.45, 2.75) is 13.0 Å². The zero-order valence-electron chi connectivity index (χ0n) is 9.06. The van der Waals surface area contributed by atoms with Crippen LogP contribution in [0.2, 0.25) is 0 Å². The van der Waals surface area contributed by atoms with Crippen molar-refractivity contribution < 1.29 is 14.6 Å². The van der Waals surface area contributed by atoms with E-state index in [9.17, 15) is 0 Å². The Kier molecular flexibility index (Phi) is 4.39. The quantitative estimate of drug-likeness (QED) is 0.765. The van der Waals surface area contributed by atoms with Gasteiger partial charge in [-0.3, -0.25) is 0 Å². The van der Waals surface area contributed by atoms with Gasteiger partial charge in [0.25, 0.3) is 0 Å². The molecule has 0 aliphatic heterocycles. The van der Waals surface area contributed by atoms with Crippen LogP contribution in [0.5, 0.6) is 11.5 Å². The van der Waals surface area contributed by atoms with E-state index in [-0.39, 0.29) is 19.3 Å². The molecule has 1 aromatic rings. The Morgan fingerprint density at radius 2 is 2.20 bits per heavy atom. The van der Waals surface area contributed by atoms with Crippen molar-refractivity contribution in [1.29, 1.82) is 0 Å². The molecule has 4 heteroatoms. The van der Waals surface area contributed by atoms with E-state index in [1.54, 1.807) is 13.2 Å². The van der Waals surface area contributed by atoms with Crippen molar-refractivity contribution in [1.82, 2.24) is 0 Å². The molecule has 15 heavy (non-hydrogen) atoms. The number of nitrogens with two attached hydrogens (primary N) is 1. The third-order valence-electron chi connectivity index (χ3n) is 2.06. The zero-order chi connectivity index (χ0) is 11.3. The summed E-state index contributed by atoms with van der Waals surface area (Å²) in [7, 11) is 1.59. The highest BCUT2D eigenvalue weighted by Gasteiger charge is 2.09. The van der Waals surface area contributed by atoms with Gasteiger partial charge in [-0.15, -0.1) is 0 Å². The molecule has 1 rings (SSSR count). The molecule has 84 valence electrons. The molecule has 0 amide bonds. The minimum atomic E-state index is -0.107. The van der Waals surface area contributed by atoms with Crippen molar-refractivity contribution in [2.75, 3.05) is 20.3 Å². The molecule has 0 radical (unpaired) electrons. The van der Waals surface area contributed by atoms with Crippen LogP contribution in [0.1, 0.15) is 18.5 Å². The standard InChI is InChI=1S/C11H17NO3/c1-8(12)10-4-3-9(14-2)7-11(10)15-6-5-13/h3-4,7-8,13H,5-6,12H2,1-2H3/t8-/m1/s1. The highest BCUT2D eigenvalue weighted by molar-refractivity contribution is 5.42. The van der Waals surface area contributed by atoms with Gasteiger partial charge in [0.15, 0.2) is 0 Å². The molecule has 0 saturated heterocycles. The van der Waals surface area contributed by atoms with E-state index in [1.807, 2.05) is 19.1 Å². The lowest BCUT2D eigenvalue weighted by Crippen LogP contribution is -2.10. The first kappa shape index (κ1) is 11.8. The predicted octanol–water partition coefficient (Wildman–Crippen LogP) is 1.09. The van der Waals surface area contributed by atoms with Crippen LogP contribution in [0.4, 0.5) is 0 Å². The Labute approximate surface area is 89.6 Å².